The lowest BCUT2D eigenvalue weighted by molar-refractivity contribution is 0.503. The number of rotatable bonds is 1. The van der Waals surface area contributed by atoms with Crippen LogP contribution in [-0.4, -0.2) is 9.56 Å². The topological polar surface area (TPSA) is 15.6 Å². The highest BCUT2D eigenvalue weighted by Gasteiger charge is 1.92. The van der Waals surface area contributed by atoms with Crippen molar-refractivity contribution in [2.75, 3.05) is 4.55 Å². The molecule has 0 aromatic rings. The highest BCUT2D eigenvalue weighted by molar-refractivity contribution is 14.2. The molecule has 0 aromatic carbocycles. The summed E-state index contributed by atoms with van der Waals surface area (Å²) in [6, 6.07) is 0. The molecule has 0 aromatic heterocycles. The molecule has 0 aliphatic carbocycles. The van der Waals surface area contributed by atoms with E-state index in [1.54, 1.807) is 0 Å². The van der Waals surface area contributed by atoms with Crippen molar-refractivity contribution in [3.8, 4) is 0 Å². The Morgan fingerprint density at radius 1 is 1.86 bits per heavy atom. The summed E-state index contributed by atoms with van der Waals surface area (Å²) in [6.45, 7) is 0. The van der Waals surface area contributed by atoms with Crippen molar-refractivity contribution < 1.29 is 0 Å². The summed E-state index contributed by atoms with van der Waals surface area (Å²) in [7, 11) is 0. The van der Waals surface area contributed by atoms with Gasteiger partial charge in [-0.15, -0.1) is 3.25 Å². The molecule has 40 valence electrons. The van der Waals surface area contributed by atoms with Crippen LogP contribution < -0.4 is 0 Å². The summed E-state index contributed by atoms with van der Waals surface area (Å²) in [6.07, 6.45) is 2.04. The standard InChI is InChI=1S/C3H4I2N2/c4-3-7-2-1-5-6-7/h1-2H,3H2. The van der Waals surface area contributed by atoms with Gasteiger partial charge < -0.3 is 0 Å². The van der Waals surface area contributed by atoms with Crippen LogP contribution in [0, 0.1) is 0 Å². The first-order chi connectivity index (χ1) is 3.43. The molecular weight excluding hydrogens is 318 g/mol. The molecule has 2 nitrogen and oxygen atoms in total. The number of alkyl halides is 1. The van der Waals surface area contributed by atoms with Crippen LogP contribution in [0.4, 0.5) is 0 Å². The maximum absolute atomic E-state index is 4.18. The van der Waals surface area contributed by atoms with Gasteiger partial charge in [0.25, 0.3) is 0 Å². The van der Waals surface area contributed by atoms with Gasteiger partial charge in [-0.25, -0.2) is 0 Å². The van der Waals surface area contributed by atoms with Crippen LogP contribution in [0.3, 0.4) is 0 Å². The molecule has 1 heterocycles. The zero-order chi connectivity index (χ0) is 5.11. The molecule has 1 aliphatic rings. The van der Waals surface area contributed by atoms with Crippen molar-refractivity contribution >= 4 is 43.6 Å². The lowest BCUT2D eigenvalue weighted by Gasteiger charge is -2.01. The van der Waals surface area contributed by atoms with Crippen LogP contribution in [0.25, 0.3) is 0 Å². The van der Waals surface area contributed by atoms with Gasteiger partial charge in [0, 0.05) is 31.3 Å². The third-order valence-corrected chi connectivity index (χ3v) is 2.69. The molecule has 1 aliphatic heterocycles. The smallest absolute Gasteiger partial charge is 0.0928 e. The Bertz CT molecular complexity index is 97.5. The highest BCUT2D eigenvalue weighted by atomic mass is 127. The summed E-state index contributed by atoms with van der Waals surface area (Å²) in [5.74, 6) is 0. The SMILES string of the molecule is ICN1C=CI=N1. The minimum atomic E-state index is 0.0612. The van der Waals surface area contributed by atoms with Crippen molar-refractivity contribution in [2.24, 2.45) is 3.25 Å². The maximum Gasteiger partial charge on any atom is 0.0928 e. The van der Waals surface area contributed by atoms with Crippen LogP contribution in [0.15, 0.2) is 13.5 Å². The average molecular weight is 322 g/mol. The summed E-state index contributed by atoms with van der Waals surface area (Å²) in [4.78, 5) is 0. The molecule has 0 spiro atoms. The van der Waals surface area contributed by atoms with Crippen LogP contribution >= 0.6 is 43.6 Å². The lowest BCUT2D eigenvalue weighted by Crippen LogP contribution is -2.00. The Balaban J connectivity index is 2.44. The molecule has 0 saturated heterocycles. The molecule has 4 heteroatoms. The van der Waals surface area contributed by atoms with E-state index in [2.05, 4.69) is 29.9 Å². The Morgan fingerprint density at radius 3 is 3.00 bits per heavy atom. The fourth-order valence-corrected chi connectivity index (χ4v) is 2.50. The molecule has 0 fully saturated rings. The fraction of sp³-hybridized carbons (Fsp3) is 0.333. The second-order valence-corrected chi connectivity index (χ2v) is 3.40. The van der Waals surface area contributed by atoms with Gasteiger partial charge >= 0.3 is 0 Å². The molecule has 0 atom stereocenters. The molecule has 1 rings (SSSR count). The van der Waals surface area contributed by atoms with Crippen LogP contribution in [0.1, 0.15) is 0 Å². The van der Waals surface area contributed by atoms with E-state index in [4.69, 9.17) is 0 Å². The average Bonchev–Trinajstić information content (AvgIpc) is 2.14. The lowest BCUT2D eigenvalue weighted by atomic mass is 11.0. The number of hydrogen-bond acceptors (Lipinski definition) is 2. The summed E-state index contributed by atoms with van der Waals surface area (Å²) in [5.41, 5.74) is 0. The van der Waals surface area contributed by atoms with Crippen molar-refractivity contribution in [1.29, 1.82) is 0 Å². The van der Waals surface area contributed by atoms with E-state index in [0.717, 1.165) is 4.55 Å². The maximum atomic E-state index is 4.18. The number of nitrogens with zero attached hydrogens (tertiary/aromatic N) is 2. The molecular formula is C3H4I2N2. The zero-order valence-electron chi connectivity index (χ0n) is 3.51. The van der Waals surface area contributed by atoms with Gasteiger partial charge in [-0.2, -0.15) is 0 Å². The van der Waals surface area contributed by atoms with E-state index in [9.17, 15) is 0 Å². The first kappa shape index (κ1) is 5.93. The fourth-order valence-electron chi connectivity index (χ4n) is 0.257. The van der Waals surface area contributed by atoms with Crippen molar-refractivity contribution in [3.05, 3.63) is 10.3 Å². The Kier molecular flexibility index (Phi) is 2.50. The summed E-state index contributed by atoms with van der Waals surface area (Å²) >= 11 is 2.35. The molecule has 0 unspecified atom stereocenters. The molecule has 0 amide bonds. The second-order valence-electron chi connectivity index (χ2n) is 1.01. The normalized spacial score (nSPS) is 17.6. The van der Waals surface area contributed by atoms with Gasteiger partial charge in [0.1, 0.15) is 0 Å². The van der Waals surface area contributed by atoms with Crippen molar-refractivity contribution in [2.45, 2.75) is 0 Å². The quantitative estimate of drug-likeness (QED) is 0.411. The van der Waals surface area contributed by atoms with Crippen LogP contribution in [-0.2, 0) is 0 Å². The van der Waals surface area contributed by atoms with Crippen molar-refractivity contribution in [1.82, 2.24) is 5.01 Å². The largest absolute Gasteiger partial charge is 0.258 e. The first-order valence-electron chi connectivity index (χ1n) is 1.76. The van der Waals surface area contributed by atoms with Gasteiger partial charge in [-0.3, -0.25) is 5.01 Å². The number of halogens is 2. The Morgan fingerprint density at radius 2 is 2.71 bits per heavy atom. The minimum Gasteiger partial charge on any atom is -0.258 e. The van der Waals surface area contributed by atoms with Crippen LogP contribution in [0.2, 0.25) is 0 Å². The van der Waals surface area contributed by atoms with E-state index < -0.39 is 0 Å². The predicted molar refractivity (Wildman–Crippen MR) is 46.3 cm³/mol. The predicted octanol–water partition coefficient (Wildman–Crippen LogP) is 2.24. The monoisotopic (exact) mass is 322 g/mol. The van der Waals surface area contributed by atoms with E-state index >= 15 is 0 Å². The van der Waals surface area contributed by atoms with Gasteiger partial charge in [-0.05, 0) is 0 Å². The molecule has 0 N–H and O–H groups in total. The first-order valence-corrected chi connectivity index (χ1v) is 5.50. The molecule has 0 bridgehead atoms. The third-order valence-electron chi connectivity index (χ3n) is 0.548. The summed E-state index contributed by atoms with van der Waals surface area (Å²) in [5, 5.41) is 1.97. The Labute approximate surface area is 66.2 Å². The Hall–Kier alpha value is 0.800. The van der Waals surface area contributed by atoms with Crippen LogP contribution in [0.5, 0.6) is 0 Å². The van der Waals surface area contributed by atoms with Gasteiger partial charge in [0.15, 0.2) is 0 Å². The number of hydrogen-bond donors (Lipinski definition) is 0. The van der Waals surface area contributed by atoms with Gasteiger partial charge in [0.2, 0.25) is 0 Å². The van der Waals surface area contributed by atoms with E-state index in [1.165, 1.54) is 0 Å². The summed E-state index contributed by atoms with van der Waals surface area (Å²) < 4.78 is 7.32. The zero-order valence-corrected chi connectivity index (χ0v) is 7.83. The van der Waals surface area contributed by atoms with E-state index in [-0.39, 0.29) is 21.0 Å². The second kappa shape index (κ2) is 2.95. The minimum absolute atomic E-state index is 0.0612. The van der Waals surface area contributed by atoms with E-state index in [1.807, 2.05) is 11.2 Å². The molecule has 0 radical (unpaired) electrons. The van der Waals surface area contributed by atoms with Gasteiger partial charge in [0.05, 0.1) is 4.55 Å². The molecule has 7 heavy (non-hydrogen) atoms. The van der Waals surface area contributed by atoms with E-state index in [0.29, 0.717) is 0 Å². The third kappa shape index (κ3) is 1.63. The van der Waals surface area contributed by atoms with Gasteiger partial charge in [-0.1, -0.05) is 22.6 Å². The molecule has 0 saturated carbocycles. The van der Waals surface area contributed by atoms with Crippen molar-refractivity contribution in [3.63, 3.8) is 0 Å². The highest BCUT2D eigenvalue weighted by Crippen LogP contribution is 2.15.